The maximum atomic E-state index is 13.8. The molecule has 4 rings (SSSR count). The van der Waals surface area contributed by atoms with Crippen molar-refractivity contribution in [3.8, 4) is 0 Å². The highest BCUT2D eigenvalue weighted by molar-refractivity contribution is 5.96. The van der Waals surface area contributed by atoms with Gasteiger partial charge in [-0.15, -0.1) is 0 Å². The van der Waals surface area contributed by atoms with Gasteiger partial charge in [-0.25, -0.2) is 9.78 Å². The zero-order chi connectivity index (χ0) is 31.4. The summed E-state index contributed by atoms with van der Waals surface area (Å²) in [6.45, 7) is 10.8. The van der Waals surface area contributed by atoms with Crippen LogP contribution in [0, 0.1) is 39.5 Å². The van der Waals surface area contributed by atoms with Crippen LogP contribution in [0.4, 0.5) is 0 Å². The van der Waals surface area contributed by atoms with Crippen molar-refractivity contribution in [3.05, 3.63) is 57.0 Å². The molecule has 230 valence electrons. The summed E-state index contributed by atoms with van der Waals surface area (Å²) in [6.07, 6.45) is 3.21. The lowest BCUT2D eigenvalue weighted by molar-refractivity contribution is -0.133. The molecule has 0 radical (unpaired) electrons. The van der Waals surface area contributed by atoms with E-state index in [2.05, 4.69) is 25.6 Å². The van der Waals surface area contributed by atoms with Gasteiger partial charge in [-0.05, 0) is 77.0 Å². The highest BCUT2D eigenvalue weighted by Crippen LogP contribution is 2.22. The summed E-state index contributed by atoms with van der Waals surface area (Å²) < 4.78 is 6.74. The minimum Gasteiger partial charge on any atom is -0.454 e. The average molecular weight is 593 g/mol. The van der Waals surface area contributed by atoms with Gasteiger partial charge >= 0.3 is 5.97 Å². The molecule has 3 atom stereocenters. The molecular formula is C31H40N6O6. The Morgan fingerprint density at radius 1 is 1.14 bits per heavy atom. The number of aromatic nitrogens is 4. The van der Waals surface area contributed by atoms with Crippen LogP contribution in [-0.4, -0.2) is 62.3 Å². The number of nitrogens with zero attached hydrogens (tertiary/aromatic N) is 3. The molecule has 1 aliphatic rings. The van der Waals surface area contributed by atoms with Gasteiger partial charge in [-0.3, -0.25) is 24.2 Å². The minimum absolute atomic E-state index is 0.0353. The van der Waals surface area contributed by atoms with Gasteiger partial charge in [0.15, 0.2) is 17.9 Å². The predicted octanol–water partition coefficient (Wildman–Crippen LogP) is 2.77. The average Bonchev–Trinajstić information content (AvgIpc) is 3.32. The highest BCUT2D eigenvalue weighted by atomic mass is 16.5. The van der Waals surface area contributed by atoms with Crippen molar-refractivity contribution in [2.24, 2.45) is 11.8 Å². The second kappa shape index (κ2) is 13.3. The van der Waals surface area contributed by atoms with Gasteiger partial charge in [0.05, 0.1) is 22.8 Å². The zero-order valence-electron chi connectivity index (χ0n) is 25.6. The lowest BCUT2D eigenvalue weighted by Crippen LogP contribution is -2.49. The number of fused-ring (bicyclic) bond motifs is 1. The van der Waals surface area contributed by atoms with Crippen LogP contribution < -0.4 is 16.2 Å². The number of pyridine rings is 2. The summed E-state index contributed by atoms with van der Waals surface area (Å²) in [4.78, 5) is 77.8. The number of carbonyl (C=O) groups excluding carboxylic acids is 4. The third-order valence-electron chi connectivity index (χ3n) is 7.72. The Balaban J connectivity index is 1.59. The van der Waals surface area contributed by atoms with E-state index in [0.29, 0.717) is 42.0 Å². The van der Waals surface area contributed by atoms with Crippen LogP contribution in [0.25, 0.3) is 11.0 Å². The summed E-state index contributed by atoms with van der Waals surface area (Å²) in [5, 5.41) is 5.61. The molecule has 2 amide bonds. The number of H-pyrrole nitrogens is 1. The topological polar surface area (TPSA) is 165 Å². The van der Waals surface area contributed by atoms with Crippen molar-refractivity contribution in [1.29, 1.82) is 0 Å². The van der Waals surface area contributed by atoms with Gasteiger partial charge in [0.1, 0.15) is 11.9 Å². The van der Waals surface area contributed by atoms with E-state index >= 15 is 0 Å². The number of piperidine rings is 1. The monoisotopic (exact) mass is 592 g/mol. The molecule has 1 aliphatic heterocycles. The first-order valence-corrected chi connectivity index (χ1v) is 14.7. The van der Waals surface area contributed by atoms with E-state index in [-0.39, 0.29) is 29.3 Å². The number of aromatic amines is 1. The molecule has 3 aromatic heterocycles. The third kappa shape index (κ3) is 7.36. The van der Waals surface area contributed by atoms with Crippen LogP contribution >= 0.6 is 0 Å². The maximum absolute atomic E-state index is 13.8. The molecule has 1 fully saturated rings. The van der Waals surface area contributed by atoms with E-state index in [4.69, 9.17) is 4.74 Å². The molecular weight excluding hydrogens is 552 g/mol. The number of Topliss-reactive ketones (excluding diaryl/α,β-unsaturated/α-hetero) is 1. The molecule has 12 heteroatoms. The van der Waals surface area contributed by atoms with Crippen molar-refractivity contribution in [3.63, 3.8) is 0 Å². The van der Waals surface area contributed by atoms with Crippen molar-refractivity contribution in [1.82, 2.24) is 30.2 Å². The first-order chi connectivity index (χ1) is 20.3. The van der Waals surface area contributed by atoms with Crippen molar-refractivity contribution in [2.75, 3.05) is 13.2 Å². The first kappa shape index (κ1) is 31.6. The number of imidazole rings is 1. The molecule has 1 saturated heterocycles. The van der Waals surface area contributed by atoms with Crippen molar-refractivity contribution < 1.29 is 23.9 Å². The van der Waals surface area contributed by atoms with E-state index < -0.39 is 47.8 Å². The number of aryl methyl sites for hydroxylation is 4. The number of nitrogens with one attached hydrogen (secondary N) is 3. The second-order valence-electron chi connectivity index (χ2n) is 11.8. The van der Waals surface area contributed by atoms with E-state index in [1.807, 2.05) is 20.8 Å². The number of ether oxygens (including phenoxy) is 1. The Morgan fingerprint density at radius 2 is 1.88 bits per heavy atom. The highest BCUT2D eigenvalue weighted by Gasteiger charge is 2.33. The van der Waals surface area contributed by atoms with Gasteiger partial charge < -0.3 is 24.9 Å². The van der Waals surface area contributed by atoms with Gasteiger partial charge in [0.2, 0.25) is 11.8 Å². The van der Waals surface area contributed by atoms with Gasteiger partial charge in [-0.2, -0.15) is 0 Å². The van der Waals surface area contributed by atoms with Crippen LogP contribution in [0.2, 0.25) is 0 Å². The molecule has 0 aromatic carbocycles. The van der Waals surface area contributed by atoms with Crippen LogP contribution in [-0.2, 0) is 19.1 Å². The molecule has 0 saturated carbocycles. The van der Waals surface area contributed by atoms with Crippen LogP contribution in [0.3, 0.4) is 0 Å². The molecule has 4 heterocycles. The number of amides is 2. The zero-order valence-corrected chi connectivity index (χ0v) is 25.6. The number of carbonyl (C=O) groups is 4. The summed E-state index contributed by atoms with van der Waals surface area (Å²) >= 11 is 0. The largest absolute Gasteiger partial charge is 0.454 e. The van der Waals surface area contributed by atoms with Gasteiger partial charge in [0.25, 0.3) is 5.56 Å². The molecule has 0 spiro atoms. The summed E-state index contributed by atoms with van der Waals surface area (Å²) in [5.41, 5.74) is 2.57. The predicted molar refractivity (Wildman–Crippen MR) is 160 cm³/mol. The Hall–Kier alpha value is -4.35. The lowest BCUT2D eigenvalue weighted by atomic mass is 9.90. The van der Waals surface area contributed by atoms with E-state index in [1.165, 1.54) is 4.57 Å². The molecule has 0 aliphatic carbocycles. The molecule has 0 bridgehead atoms. The van der Waals surface area contributed by atoms with Crippen LogP contribution in [0.5, 0.6) is 0 Å². The molecule has 3 aromatic rings. The first-order valence-electron chi connectivity index (χ1n) is 14.7. The fraction of sp³-hybridized carbons (Fsp3) is 0.516. The number of ketones is 1. The van der Waals surface area contributed by atoms with Crippen LogP contribution in [0.1, 0.15) is 78.7 Å². The van der Waals surface area contributed by atoms with Gasteiger partial charge in [0, 0.05) is 24.4 Å². The molecule has 43 heavy (non-hydrogen) atoms. The van der Waals surface area contributed by atoms with Gasteiger partial charge in [-0.1, -0.05) is 13.8 Å². The van der Waals surface area contributed by atoms with Crippen LogP contribution in [0.15, 0.2) is 23.1 Å². The SMILES string of the molecule is Cc1cc(C)c(C(=O)OCC(=O)[C@H](C[C@@H]2CCCNC2=O)NC(=O)[C@H](CC(C)C)n2ccc3[nH]c(C)nc3c2=O)c(C)n1. The number of hydrogen-bond donors (Lipinski definition) is 3. The Bertz CT molecular complexity index is 1580. The number of rotatable bonds is 11. The summed E-state index contributed by atoms with van der Waals surface area (Å²) in [7, 11) is 0. The Kier molecular flexibility index (Phi) is 9.77. The third-order valence-corrected chi connectivity index (χ3v) is 7.72. The van der Waals surface area contributed by atoms with Crippen molar-refractivity contribution >= 4 is 34.6 Å². The van der Waals surface area contributed by atoms with E-state index in [0.717, 1.165) is 12.1 Å². The lowest BCUT2D eigenvalue weighted by Gasteiger charge is -2.28. The van der Waals surface area contributed by atoms with Crippen molar-refractivity contribution in [2.45, 2.75) is 79.3 Å². The van der Waals surface area contributed by atoms with E-state index in [1.54, 1.807) is 39.1 Å². The number of esters is 1. The Labute approximate surface area is 250 Å². The fourth-order valence-electron chi connectivity index (χ4n) is 5.70. The molecule has 0 unspecified atom stereocenters. The second-order valence-corrected chi connectivity index (χ2v) is 11.8. The minimum atomic E-state index is -1.12. The summed E-state index contributed by atoms with van der Waals surface area (Å²) in [5.74, 6) is -1.87. The fourth-order valence-corrected chi connectivity index (χ4v) is 5.70. The summed E-state index contributed by atoms with van der Waals surface area (Å²) in [6, 6.07) is 1.40. The van der Waals surface area contributed by atoms with E-state index in [9.17, 15) is 24.0 Å². The molecule has 12 nitrogen and oxygen atoms in total. The number of hydrogen-bond acceptors (Lipinski definition) is 8. The molecule has 3 N–H and O–H groups in total. The standard InChI is InChI=1S/C31H40N6O6/c1-16(2)12-24(37-11-9-22-27(30(37)41)35-20(6)34-22)29(40)36-23(14-21-8-7-10-32-28(21)39)25(38)15-43-31(42)26-17(3)13-18(4)33-19(26)5/h9,11,13,16,21,23-24H,7-8,10,12,14-15H2,1-6H3,(H,32,39)(H,34,35)(H,36,40)/t21-,23-,24-/m0/s1. The quantitative estimate of drug-likeness (QED) is 0.286. The Morgan fingerprint density at radius 3 is 2.56 bits per heavy atom. The normalized spacial score (nSPS) is 16.5. The maximum Gasteiger partial charge on any atom is 0.340 e. The smallest absolute Gasteiger partial charge is 0.340 e.